The van der Waals surface area contributed by atoms with E-state index in [0.717, 1.165) is 25.3 Å². The van der Waals surface area contributed by atoms with Crippen molar-refractivity contribution >= 4 is 0 Å². The second kappa shape index (κ2) is 6.79. The molecule has 0 aromatic heterocycles. The standard InChI is InChI=1S/C16H25NO/c1-3-5-9-15(17-11-4-2)14-8-6-7-13-10-12-18-16(13)14/h6-8,15,17H,3-5,9-12H2,1-2H3. The molecule has 1 aromatic rings. The fraction of sp³-hybridized carbons (Fsp3) is 0.625. The summed E-state index contributed by atoms with van der Waals surface area (Å²) in [5, 5.41) is 3.67. The number of ether oxygens (including phenoxy) is 1. The lowest BCUT2D eigenvalue weighted by Gasteiger charge is -2.21. The highest BCUT2D eigenvalue weighted by Crippen LogP contribution is 2.35. The maximum atomic E-state index is 5.83. The highest BCUT2D eigenvalue weighted by Gasteiger charge is 2.21. The lowest BCUT2D eigenvalue weighted by molar-refractivity contribution is 0.346. The third-order valence-corrected chi connectivity index (χ3v) is 3.61. The minimum Gasteiger partial charge on any atom is -0.493 e. The number of nitrogens with one attached hydrogen (secondary N) is 1. The molecule has 0 aliphatic carbocycles. The van der Waals surface area contributed by atoms with Crippen LogP contribution in [0.2, 0.25) is 0 Å². The number of para-hydroxylation sites is 1. The van der Waals surface area contributed by atoms with E-state index in [1.54, 1.807) is 0 Å². The van der Waals surface area contributed by atoms with Crippen molar-refractivity contribution in [3.63, 3.8) is 0 Å². The first kappa shape index (κ1) is 13.4. The van der Waals surface area contributed by atoms with Crippen LogP contribution in [0.4, 0.5) is 0 Å². The van der Waals surface area contributed by atoms with E-state index in [4.69, 9.17) is 4.74 Å². The fourth-order valence-corrected chi connectivity index (χ4v) is 2.61. The fourth-order valence-electron chi connectivity index (χ4n) is 2.61. The smallest absolute Gasteiger partial charge is 0.127 e. The molecular weight excluding hydrogens is 222 g/mol. The Morgan fingerprint density at radius 2 is 2.17 bits per heavy atom. The van der Waals surface area contributed by atoms with E-state index in [9.17, 15) is 0 Å². The third-order valence-electron chi connectivity index (χ3n) is 3.61. The van der Waals surface area contributed by atoms with E-state index in [2.05, 4.69) is 37.4 Å². The van der Waals surface area contributed by atoms with Gasteiger partial charge in [0, 0.05) is 18.0 Å². The first-order valence-corrected chi connectivity index (χ1v) is 7.34. The van der Waals surface area contributed by atoms with Gasteiger partial charge in [-0.2, -0.15) is 0 Å². The van der Waals surface area contributed by atoms with Gasteiger partial charge in [-0.15, -0.1) is 0 Å². The number of rotatable bonds is 7. The first-order chi connectivity index (χ1) is 8.86. The topological polar surface area (TPSA) is 21.3 Å². The Bertz CT molecular complexity index is 367. The van der Waals surface area contributed by atoms with Crippen molar-refractivity contribution in [2.45, 2.75) is 52.0 Å². The molecule has 2 rings (SSSR count). The molecule has 1 N–H and O–H groups in total. The number of hydrogen-bond acceptors (Lipinski definition) is 2. The number of hydrogen-bond donors (Lipinski definition) is 1. The Morgan fingerprint density at radius 3 is 2.94 bits per heavy atom. The molecule has 2 nitrogen and oxygen atoms in total. The van der Waals surface area contributed by atoms with Crippen LogP contribution < -0.4 is 10.1 Å². The predicted octanol–water partition coefficient (Wildman–Crippen LogP) is 3.85. The van der Waals surface area contributed by atoms with Crippen LogP contribution >= 0.6 is 0 Å². The average molecular weight is 247 g/mol. The predicted molar refractivity (Wildman–Crippen MR) is 76.2 cm³/mol. The normalized spacial score (nSPS) is 15.2. The molecule has 0 bridgehead atoms. The highest BCUT2D eigenvalue weighted by molar-refractivity contribution is 5.45. The van der Waals surface area contributed by atoms with Gasteiger partial charge < -0.3 is 10.1 Å². The molecule has 1 atom stereocenters. The molecule has 0 spiro atoms. The minimum atomic E-state index is 0.456. The number of unbranched alkanes of at least 4 members (excludes halogenated alkanes) is 1. The van der Waals surface area contributed by atoms with Crippen LogP contribution in [0.5, 0.6) is 5.75 Å². The molecule has 1 aliphatic rings. The maximum Gasteiger partial charge on any atom is 0.127 e. The van der Waals surface area contributed by atoms with E-state index in [0.29, 0.717) is 6.04 Å². The Balaban J connectivity index is 2.16. The van der Waals surface area contributed by atoms with Crippen molar-refractivity contribution in [2.75, 3.05) is 13.2 Å². The Labute approximate surface area is 111 Å². The molecule has 0 saturated heterocycles. The van der Waals surface area contributed by atoms with Crippen LogP contribution in [0.15, 0.2) is 18.2 Å². The second-order valence-electron chi connectivity index (χ2n) is 5.08. The van der Waals surface area contributed by atoms with Crippen LogP contribution in [0.1, 0.15) is 56.7 Å². The van der Waals surface area contributed by atoms with Gasteiger partial charge in [-0.25, -0.2) is 0 Å². The molecule has 1 unspecified atom stereocenters. The van der Waals surface area contributed by atoms with Gasteiger partial charge in [-0.05, 0) is 24.9 Å². The van der Waals surface area contributed by atoms with Crippen LogP contribution in [0, 0.1) is 0 Å². The van der Waals surface area contributed by atoms with Crippen molar-refractivity contribution in [2.24, 2.45) is 0 Å². The summed E-state index contributed by atoms with van der Waals surface area (Å²) in [6.45, 7) is 6.40. The number of benzene rings is 1. The Hall–Kier alpha value is -1.02. The summed E-state index contributed by atoms with van der Waals surface area (Å²) in [6.07, 6.45) is 5.97. The van der Waals surface area contributed by atoms with Crippen molar-refractivity contribution in [1.82, 2.24) is 5.32 Å². The van der Waals surface area contributed by atoms with Crippen molar-refractivity contribution in [1.29, 1.82) is 0 Å². The van der Waals surface area contributed by atoms with Crippen molar-refractivity contribution in [3.8, 4) is 5.75 Å². The van der Waals surface area contributed by atoms with E-state index < -0.39 is 0 Å². The molecular formula is C16H25NO. The van der Waals surface area contributed by atoms with Crippen molar-refractivity contribution < 1.29 is 4.74 Å². The van der Waals surface area contributed by atoms with E-state index in [-0.39, 0.29) is 0 Å². The molecule has 0 amide bonds. The summed E-state index contributed by atoms with van der Waals surface area (Å²) >= 11 is 0. The van der Waals surface area contributed by atoms with Gasteiger partial charge in [-0.3, -0.25) is 0 Å². The van der Waals surface area contributed by atoms with E-state index in [1.165, 1.54) is 36.8 Å². The van der Waals surface area contributed by atoms with Gasteiger partial charge in [0.15, 0.2) is 0 Å². The van der Waals surface area contributed by atoms with Gasteiger partial charge in [0.1, 0.15) is 5.75 Å². The summed E-state index contributed by atoms with van der Waals surface area (Å²) in [4.78, 5) is 0. The summed E-state index contributed by atoms with van der Waals surface area (Å²) in [7, 11) is 0. The van der Waals surface area contributed by atoms with E-state index in [1.807, 2.05) is 0 Å². The highest BCUT2D eigenvalue weighted by atomic mass is 16.5. The molecule has 18 heavy (non-hydrogen) atoms. The molecule has 1 aromatic carbocycles. The zero-order chi connectivity index (χ0) is 12.8. The SMILES string of the molecule is CCCCC(NCCC)c1cccc2c1OCC2. The van der Waals surface area contributed by atoms with Crippen LogP contribution in [-0.2, 0) is 6.42 Å². The van der Waals surface area contributed by atoms with Gasteiger partial charge in [-0.1, -0.05) is 44.9 Å². The first-order valence-electron chi connectivity index (χ1n) is 7.34. The minimum absolute atomic E-state index is 0.456. The molecule has 0 fully saturated rings. The van der Waals surface area contributed by atoms with Crippen molar-refractivity contribution in [3.05, 3.63) is 29.3 Å². The summed E-state index contributed by atoms with van der Waals surface area (Å²) in [5.41, 5.74) is 2.75. The van der Waals surface area contributed by atoms with Gasteiger partial charge >= 0.3 is 0 Å². The average Bonchev–Trinajstić information content (AvgIpc) is 2.87. The summed E-state index contributed by atoms with van der Waals surface area (Å²) in [5.74, 6) is 1.15. The Morgan fingerprint density at radius 1 is 1.28 bits per heavy atom. The van der Waals surface area contributed by atoms with Gasteiger partial charge in [0.2, 0.25) is 0 Å². The lowest BCUT2D eigenvalue weighted by Crippen LogP contribution is -2.22. The zero-order valence-electron chi connectivity index (χ0n) is 11.7. The second-order valence-corrected chi connectivity index (χ2v) is 5.08. The van der Waals surface area contributed by atoms with E-state index >= 15 is 0 Å². The molecule has 0 saturated carbocycles. The number of fused-ring (bicyclic) bond motifs is 1. The lowest BCUT2D eigenvalue weighted by atomic mass is 9.97. The molecule has 100 valence electrons. The summed E-state index contributed by atoms with van der Waals surface area (Å²) < 4.78 is 5.83. The zero-order valence-corrected chi connectivity index (χ0v) is 11.7. The van der Waals surface area contributed by atoms with Gasteiger partial charge in [0.25, 0.3) is 0 Å². The van der Waals surface area contributed by atoms with Crippen LogP contribution in [0.25, 0.3) is 0 Å². The molecule has 0 radical (unpaired) electrons. The largest absolute Gasteiger partial charge is 0.493 e. The van der Waals surface area contributed by atoms with Crippen LogP contribution in [-0.4, -0.2) is 13.2 Å². The maximum absolute atomic E-state index is 5.83. The quantitative estimate of drug-likeness (QED) is 0.790. The molecule has 1 aliphatic heterocycles. The Kier molecular flexibility index (Phi) is 5.06. The van der Waals surface area contributed by atoms with Gasteiger partial charge in [0.05, 0.1) is 6.61 Å². The monoisotopic (exact) mass is 247 g/mol. The third kappa shape index (κ3) is 3.05. The summed E-state index contributed by atoms with van der Waals surface area (Å²) in [6, 6.07) is 7.06. The molecule has 2 heteroatoms. The van der Waals surface area contributed by atoms with Crippen LogP contribution in [0.3, 0.4) is 0 Å². The molecule has 1 heterocycles.